The fraction of sp³-hybridized carbons (Fsp3) is 1.00. The molecule has 0 atom stereocenters. The molecule has 2 heteroatoms. The molecule has 0 unspecified atom stereocenters. The normalized spacial score (nSPS) is 48.3. The van der Waals surface area contributed by atoms with Crippen molar-refractivity contribution in [1.29, 1.82) is 0 Å². The summed E-state index contributed by atoms with van der Waals surface area (Å²) in [5.74, 6) is 0.609. The number of aliphatic hydroxyl groups is 1. The molecule has 2 rings (SSSR count). The Morgan fingerprint density at radius 1 is 1.56 bits per heavy atom. The summed E-state index contributed by atoms with van der Waals surface area (Å²) in [6.07, 6.45) is 3.76. The maximum atomic E-state index is 8.71. The number of hydrogen-bond acceptors (Lipinski definition) is 2. The van der Waals surface area contributed by atoms with Gasteiger partial charge in [-0.2, -0.15) is 0 Å². The standard InChI is InChI=1S/C7H13NO/c9-5-6-3-7(4-6)1-2-8-7/h6,8-9H,1-5H2. The van der Waals surface area contributed by atoms with Crippen molar-refractivity contribution < 1.29 is 5.11 Å². The molecule has 1 heterocycles. The first-order valence-corrected chi connectivity index (χ1v) is 3.71. The molecule has 2 fully saturated rings. The molecule has 0 bridgehead atoms. The van der Waals surface area contributed by atoms with E-state index in [-0.39, 0.29) is 0 Å². The van der Waals surface area contributed by atoms with Crippen molar-refractivity contribution in [3.8, 4) is 0 Å². The first-order valence-electron chi connectivity index (χ1n) is 3.71. The predicted molar refractivity (Wildman–Crippen MR) is 35.2 cm³/mol. The van der Waals surface area contributed by atoms with Crippen molar-refractivity contribution in [1.82, 2.24) is 5.32 Å². The van der Waals surface area contributed by atoms with Crippen molar-refractivity contribution >= 4 is 0 Å². The molecule has 1 saturated carbocycles. The van der Waals surface area contributed by atoms with Crippen molar-refractivity contribution in [3.63, 3.8) is 0 Å². The van der Waals surface area contributed by atoms with Gasteiger partial charge in [0.05, 0.1) is 0 Å². The lowest BCUT2D eigenvalue weighted by Crippen LogP contribution is -2.64. The molecule has 0 radical (unpaired) electrons. The van der Waals surface area contributed by atoms with Gasteiger partial charge in [-0.05, 0) is 31.7 Å². The van der Waals surface area contributed by atoms with Crippen LogP contribution in [-0.4, -0.2) is 23.8 Å². The molecule has 1 spiro atoms. The largest absolute Gasteiger partial charge is 0.396 e. The summed E-state index contributed by atoms with van der Waals surface area (Å²) in [6, 6.07) is 0. The number of aliphatic hydroxyl groups excluding tert-OH is 1. The Hall–Kier alpha value is -0.0800. The van der Waals surface area contributed by atoms with E-state index in [9.17, 15) is 0 Å². The highest BCUT2D eigenvalue weighted by atomic mass is 16.3. The molecular formula is C7H13NO. The summed E-state index contributed by atoms with van der Waals surface area (Å²) >= 11 is 0. The van der Waals surface area contributed by atoms with E-state index in [1.54, 1.807) is 0 Å². The molecule has 1 saturated heterocycles. The average molecular weight is 127 g/mol. The van der Waals surface area contributed by atoms with Crippen LogP contribution in [0.25, 0.3) is 0 Å². The van der Waals surface area contributed by atoms with Gasteiger partial charge in [0.2, 0.25) is 0 Å². The SMILES string of the molecule is OCC1CC2(CCN2)C1. The van der Waals surface area contributed by atoms with E-state index in [4.69, 9.17) is 5.11 Å². The van der Waals surface area contributed by atoms with Crippen LogP contribution in [0.15, 0.2) is 0 Å². The number of nitrogens with one attached hydrogen (secondary N) is 1. The summed E-state index contributed by atoms with van der Waals surface area (Å²) in [7, 11) is 0. The second-order valence-electron chi connectivity index (χ2n) is 3.41. The maximum absolute atomic E-state index is 8.71. The van der Waals surface area contributed by atoms with Gasteiger partial charge in [-0.15, -0.1) is 0 Å². The molecule has 52 valence electrons. The predicted octanol–water partition coefficient (Wildman–Crippen LogP) is 0.121. The zero-order chi connectivity index (χ0) is 6.32. The van der Waals surface area contributed by atoms with Gasteiger partial charge in [0.15, 0.2) is 0 Å². The van der Waals surface area contributed by atoms with Gasteiger partial charge in [-0.25, -0.2) is 0 Å². The lowest BCUT2D eigenvalue weighted by atomic mass is 9.63. The van der Waals surface area contributed by atoms with E-state index < -0.39 is 0 Å². The average Bonchev–Trinajstić information content (AvgIpc) is 1.59. The fourth-order valence-electron chi connectivity index (χ4n) is 2.00. The molecule has 0 amide bonds. The van der Waals surface area contributed by atoms with Crippen molar-refractivity contribution in [2.45, 2.75) is 24.8 Å². The van der Waals surface area contributed by atoms with Crippen LogP contribution in [0, 0.1) is 5.92 Å². The van der Waals surface area contributed by atoms with Crippen LogP contribution in [0.3, 0.4) is 0 Å². The first-order chi connectivity index (χ1) is 4.35. The van der Waals surface area contributed by atoms with Crippen molar-refractivity contribution in [2.75, 3.05) is 13.2 Å². The molecule has 0 aromatic heterocycles. The monoisotopic (exact) mass is 127 g/mol. The molecule has 2 aliphatic rings. The molecule has 9 heavy (non-hydrogen) atoms. The Balaban J connectivity index is 1.82. The van der Waals surface area contributed by atoms with Crippen LogP contribution in [0.1, 0.15) is 19.3 Å². The second kappa shape index (κ2) is 1.70. The van der Waals surface area contributed by atoms with Gasteiger partial charge >= 0.3 is 0 Å². The van der Waals surface area contributed by atoms with Gasteiger partial charge in [0.25, 0.3) is 0 Å². The third kappa shape index (κ3) is 0.700. The number of rotatable bonds is 1. The topological polar surface area (TPSA) is 32.3 Å². The minimum Gasteiger partial charge on any atom is -0.396 e. The first kappa shape index (κ1) is 5.69. The fourth-order valence-corrected chi connectivity index (χ4v) is 2.00. The molecular weight excluding hydrogens is 114 g/mol. The smallest absolute Gasteiger partial charge is 0.0460 e. The Morgan fingerprint density at radius 3 is 2.56 bits per heavy atom. The third-order valence-corrected chi connectivity index (χ3v) is 2.72. The third-order valence-electron chi connectivity index (χ3n) is 2.72. The van der Waals surface area contributed by atoms with Crippen LogP contribution < -0.4 is 5.32 Å². The lowest BCUT2D eigenvalue weighted by molar-refractivity contribution is 0.00884. The van der Waals surface area contributed by atoms with E-state index in [1.165, 1.54) is 25.8 Å². The Kier molecular flexibility index (Phi) is 1.08. The highest BCUT2D eigenvalue weighted by Gasteiger charge is 2.47. The summed E-state index contributed by atoms with van der Waals surface area (Å²) in [4.78, 5) is 0. The molecule has 0 aromatic carbocycles. The van der Waals surface area contributed by atoms with Crippen LogP contribution in [-0.2, 0) is 0 Å². The number of hydrogen-bond donors (Lipinski definition) is 2. The zero-order valence-corrected chi connectivity index (χ0v) is 5.56. The van der Waals surface area contributed by atoms with Crippen molar-refractivity contribution in [2.24, 2.45) is 5.92 Å². The lowest BCUT2D eigenvalue weighted by Gasteiger charge is -2.54. The van der Waals surface area contributed by atoms with E-state index in [1.807, 2.05) is 0 Å². The molecule has 1 aliphatic carbocycles. The highest BCUT2D eigenvalue weighted by Crippen LogP contribution is 2.43. The molecule has 1 aliphatic heterocycles. The molecule has 2 nitrogen and oxygen atoms in total. The Morgan fingerprint density at radius 2 is 2.22 bits per heavy atom. The highest BCUT2D eigenvalue weighted by molar-refractivity contribution is 5.06. The van der Waals surface area contributed by atoms with E-state index in [2.05, 4.69) is 5.32 Å². The summed E-state index contributed by atoms with van der Waals surface area (Å²) in [5.41, 5.74) is 0.507. The van der Waals surface area contributed by atoms with Crippen molar-refractivity contribution in [3.05, 3.63) is 0 Å². The van der Waals surface area contributed by atoms with E-state index in [0.717, 1.165) is 0 Å². The van der Waals surface area contributed by atoms with E-state index in [0.29, 0.717) is 18.1 Å². The Bertz CT molecular complexity index is 112. The summed E-state index contributed by atoms with van der Waals surface area (Å²) in [5, 5.41) is 12.1. The van der Waals surface area contributed by atoms with Gasteiger partial charge < -0.3 is 10.4 Å². The van der Waals surface area contributed by atoms with Gasteiger partial charge in [-0.3, -0.25) is 0 Å². The summed E-state index contributed by atoms with van der Waals surface area (Å²) < 4.78 is 0. The second-order valence-corrected chi connectivity index (χ2v) is 3.41. The quantitative estimate of drug-likeness (QED) is 0.524. The summed E-state index contributed by atoms with van der Waals surface area (Å²) in [6.45, 7) is 1.58. The molecule has 0 aromatic rings. The van der Waals surface area contributed by atoms with Gasteiger partial charge in [-0.1, -0.05) is 0 Å². The van der Waals surface area contributed by atoms with Crippen LogP contribution in [0.2, 0.25) is 0 Å². The van der Waals surface area contributed by atoms with Crippen LogP contribution in [0.5, 0.6) is 0 Å². The minimum atomic E-state index is 0.392. The molecule has 2 N–H and O–H groups in total. The Labute approximate surface area is 55.3 Å². The minimum absolute atomic E-state index is 0.392. The zero-order valence-electron chi connectivity index (χ0n) is 5.56. The van der Waals surface area contributed by atoms with Gasteiger partial charge in [0, 0.05) is 12.1 Å². The van der Waals surface area contributed by atoms with E-state index >= 15 is 0 Å². The maximum Gasteiger partial charge on any atom is 0.0460 e. The van der Waals surface area contributed by atoms with Crippen LogP contribution >= 0.6 is 0 Å². The van der Waals surface area contributed by atoms with Gasteiger partial charge in [0.1, 0.15) is 0 Å². The van der Waals surface area contributed by atoms with Crippen LogP contribution in [0.4, 0.5) is 0 Å².